The van der Waals surface area contributed by atoms with Crippen molar-refractivity contribution in [1.82, 2.24) is 0 Å². The lowest BCUT2D eigenvalue weighted by Gasteiger charge is -1.98. The Bertz CT molecular complexity index is 439. The molecule has 1 aromatic rings. The maximum absolute atomic E-state index is 12.3. The lowest BCUT2D eigenvalue weighted by molar-refractivity contribution is 0.151. The summed E-state index contributed by atoms with van der Waals surface area (Å²) < 4.78 is 24.6. The maximum atomic E-state index is 12.3. The number of hydrogen-bond donors (Lipinski definition) is 0. The molecule has 15 heavy (non-hydrogen) atoms. The highest BCUT2D eigenvalue weighted by molar-refractivity contribution is 5.37. The molecule has 0 unspecified atom stereocenters. The quantitative estimate of drug-likeness (QED) is 0.309. The van der Waals surface area contributed by atoms with Crippen molar-refractivity contribution in [3.05, 3.63) is 45.8 Å². The summed E-state index contributed by atoms with van der Waals surface area (Å²) in [6.07, 6.45) is -2.50. The van der Waals surface area contributed by atoms with Gasteiger partial charge < -0.3 is 0 Å². The maximum Gasteiger partial charge on any atom is 0.263 e. The molecule has 0 aromatic heterocycles. The first-order valence-electron chi connectivity index (χ1n) is 4.12. The Hall–Kier alpha value is -2.05. The lowest BCUT2D eigenvalue weighted by Crippen LogP contribution is -1.84. The molecule has 3 nitrogen and oxygen atoms in total. The van der Waals surface area contributed by atoms with Gasteiger partial charge in [-0.15, -0.1) is 0 Å². The molecule has 0 atom stereocenters. The van der Waals surface area contributed by atoms with Crippen LogP contribution in [0.25, 0.3) is 10.4 Å². The van der Waals surface area contributed by atoms with Crippen LogP contribution in [0.4, 0.5) is 8.78 Å². The van der Waals surface area contributed by atoms with Gasteiger partial charge >= 0.3 is 0 Å². The van der Waals surface area contributed by atoms with Crippen molar-refractivity contribution in [2.75, 3.05) is 6.54 Å². The van der Waals surface area contributed by atoms with Crippen LogP contribution in [0.2, 0.25) is 0 Å². The fourth-order valence-electron chi connectivity index (χ4n) is 0.961. The molecule has 1 aromatic carbocycles. The zero-order valence-electron chi connectivity index (χ0n) is 7.69. The number of benzene rings is 1. The molecule has 0 fully saturated rings. The van der Waals surface area contributed by atoms with Crippen LogP contribution < -0.4 is 0 Å². The summed E-state index contributed by atoms with van der Waals surface area (Å²) in [5.41, 5.74) is 8.39. The van der Waals surface area contributed by atoms with Gasteiger partial charge in [0.2, 0.25) is 0 Å². The summed E-state index contributed by atoms with van der Waals surface area (Å²) in [7, 11) is 0. The standard InChI is InChI=1S/C10H7F2N3/c11-10(12)9-5-1-3-8(7-9)4-2-6-14-15-13/h1,3,5,7,10H,6H2. The average Bonchev–Trinajstić information content (AvgIpc) is 2.25. The van der Waals surface area contributed by atoms with Crippen LogP contribution in [-0.4, -0.2) is 6.54 Å². The van der Waals surface area contributed by atoms with Crippen LogP contribution >= 0.6 is 0 Å². The van der Waals surface area contributed by atoms with Crippen LogP contribution in [0.5, 0.6) is 0 Å². The first kappa shape index (κ1) is 11.0. The fourth-order valence-corrected chi connectivity index (χ4v) is 0.961. The minimum Gasteiger partial charge on any atom is -0.205 e. The van der Waals surface area contributed by atoms with E-state index in [1.54, 1.807) is 6.07 Å². The molecule has 0 bridgehead atoms. The second-order valence-electron chi connectivity index (χ2n) is 2.62. The SMILES string of the molecule is [N-]=[N+]=NCC#Cc1cccc(C(F)F)c1. The molecule has 0 saturated carbocycles. The van der Waals surface area contributed by atoms with Crippen molar-refractivity contribution in [3.8, 4) is 11.8 Å². The van der Waals surface area contributed by atoms with E-state index in [2.05, 4.69) is 21.9 Å². The van der Waals surface area contributed by atoms with E-state index in [9.17, 15) is 8.78 Å². The predicted octanol–water partition coefficient (Wildman–Crippen LogP) is 3.29. The number of nitrogens with zero attached hydrogens (tertiary/aromatic N) is 3. The summed E-state index contributed by atoms with van der Waals surface area (Å²) in [4.78, 5) is 2.52. The van der Waals surface area contributed by atoms with E-state index in [0.717, 1.165) is 0 Å². The smallest absolute Gasteiger partial charge is 0.205 e. The zero-order valence-corrected chi connectivity index (χ0v) is 7.69. The van der Waals surface area contributed by atoms with Gasteiger partial charge in [-0.25, -0.2) is 8.78 Å². The van der Waals surface area contributed by atoms with Crippen molar-refractivity contribution in [1.29, 1.82) is 0 Å². The number of hydrogen-bond acceptors (Lipinski definition) is 1. The van der Waals surface area contributed by atoms with Crippen molar-refractivity contribution < 1.29 is 8.78 Å². The van der Waals surface area contributed by atoms with Crippen LogP contribution in [0.3, 0.4) is 0 Å². The molecule has 0 radical (unpaired) electrons. The molecular weight excluding hydrogens is 200 g/mol. The van der Waals surface area contributed by atoms with E-state index in [1.807, 2.05) is 0 Å². The van der Waals surface area contributed by atoms with Gasteiger partial charge in [0.25, 0.3) is 6.43 Å². The van der Waals surface area contributed by atoms with Gasteiger partial charge in [0.1, 0.15) is 0 Å². The van der Waals surface area contributed by atoms with Crippen LogP contribution in [0.15, 0.2) is 29.4 Å². The Balaban J connectivity index is 2.80. The fraction of sp³-hybridized carbons (Fsp3) is 0.200. The van der Waals surface area contributed by atoms with Crippen LogP contribution in [-0.2, 0) is 0 Å². The highest BCUT2D eigenvalue weighted by atomic mass is 19.3. The van der Waals surface area contributed by atoms with E-state index in [-0.39, 0.29) is 12.1 Å². The molecule has 0 spiro atoms. The van der Waals surface area contributed by atoms with Crippen LogP contribution in [0, 0.1) is 11.8 Å². The monoisotopic (exact) mass is 207 g/mol. The van der Waals surface area contributed by atoms with Crippen LogP contribution in [0.1, 0.15) is 17.6 Å². The Labute approximate surface area is 85.4 Å². The molecule has 0 aliphatic heterocycles. The van der Waals surface area contributed by atoms with E-state index in [0.29, 0.717) is 5.56 Å². The van der Waals surface area contributed by atoms with E-state index >= 15 is 0 Å². The van der Waals surface area contributed by atoms with Gasteiger partial charge in [0.05, 0.1) is 6.54 Å². The highest BCUT2D eigenvalue weighted by Crippen LogP contribution is 2.18. The summed E-state index contributed by atoms with van der Waals surface area (Å²) >= 11 is 0. The minimum absolute atomic E-state index is 0.0371. The van der Waals surface area contributed by atoms with E-state index in [4.69, 9.17) is 5.53 Å². The number of alkyl halides is 2. The van der Waals surface area contributed by atoms with Crippen molar-refractivity contribution in [2.45, 2.75) is 6.43 Å². The largest absolute Gasteiger partial charge is 0.263 e. The molecule has 0 aliphatic carbocycles. The van der Waals surface area contributed by atoms with Gasteiger partial charge in [-0.3, -0.25) is 0 Å². The minimum atomic E-state index is -2.50. The van der Waals surface area contributed by atoms with E-state index in [1.165, 1.54) is 18.2 Å². The molecule has 0 amide bonds. The van der Waals surface area contributed by atoms with Gasteiger partial charge in [-0.2, -0.15) is 0 Å². The topological polar surface area (TPSA) is 48.8 Å². The first-order valence-corrected chi connectivity index (χ1v) is 4.12. The Morgan fingerprint density at radius 3 is 2.93 bits per heavy atom. The molecule has 76 valence electrons. The van der Waals surface area contributed by atoms with Crippen molar-refractivity contribution >= 4 is 0 Å². The van der Waals surface area contributed by atoms with Gasteiger partial charge in [0.15, 0.2) is 0 Å². The highest BCUT2D eigenvalue weighted by Gasteiger charge is 2.05. The Morgan fingerprint density at radius 1 is 1.47 bits per heavy atom. The summed E-state index contributed by atoms with van der Waals surface area (Å²) in [6, 6.07) is 5.78. The second kappa shape index (κ2) is 5.63. The molecule has 0 N–H and O–H groups in total. The lowest BCUT2D eigenvalue weighted by atomic mass is 10.1. The van der Waals surface area contributed by atoms with Gasteiger partial charge in [-0.1, -0.05) is 29.1 Å². The van der Waals surface area contributed by atoms with Crippen molar-refractivity contribution in [2.24, 2.45) is 5.11 Å². The Kier molecular flexibility index (Phi) is 4.14. The number of rotatable bonds is 2. The van der Waals surface area contributed by atoms with Gasteiger partial charge in [0, 0.05) is 16.0 Å². The first-order chi connectivity index (χ1) is 7.24. The third-order valence-electron chi connectivity index (χ3n) is 1.58. The van der Waals surface area contributed by atoms with Crippen molar-refractivity contribution in [3.63, 3.8) is 0 Å². The third-order valence-corrected chi connectivity index (χ3v) is 1.58. The Morgan fingerprint density at radius 2 is 2.27 bits per heavy atom. The predicted molar refractivity (Wildman–Crippen MR) is 52.3 cm³/mol. The number of azide groups is 1. The zero-order chi connectivity index (χ0) is 11.1. The molecular formula is C10H7F2N3. The second-order valence-corrected chi connectivity index (χ2v) is 2.62. The molecule has 5 heteroatoms. The van der Waals surface area contributed by atoms with E-state index < -0.39 is 6.43 Å². The summed E-state index contributed by atoms with van der Waals surface area (Å²) in [6.45, 7) is 0.0371. The summed E-state index contributed by atoms with van der Waals surface area (Å²) in [5.74, 6) is 5.18. The average molecular weight is 207 g/mol. The van der Waals surface area contributed by atoms with Gasteiger partial charge in [-0.05, 0) is 17.7 Å². The third kappa shape index (κ3) is 3.67. The molecule has 0 heterocycles. The number of halogens is 2. The normalized spacial score (nSPS) is 9.00. The molecule has 0 saturated heterocycles. The summed E-state index contributed by atoms with van der Waals surface area (Å²) in [5, 5.41) is 3.20. The molecule has 0 aliphatic rings. The molecule has 1 rings (SSSR count).